The fourth-order valence-electron chi connectivity index (χ4n) is 3.38. The van der Waals surface area contributed by atoms with E-state index in [1.807, 2.05) is 6.07 Å². The van der Waals surface area contributed by atoms with Crippen LogP contribution in [0.25, 0.3) is 0 Å². The first-order valence-corrected chi connectivity index (χ1v) is 8.61. The zero-order chi connectivity index (χ0) is 15.4. The lowest BCUT2D eigenvalue weighted by molar-refractivity contribution is 0.321. The molecule has 1 fully saturated rings. The molecule has 0 radical (unpaired) electrons. The van der Waals surface area contributed by atoms with Gasteiger partial charge in [0.25, 0.3) is 0 Å². The van der Waals surface area contributed by atoms with Crippen molar-refractivity contribution in [3.05, 3.63) is 28.8 Å². The Bertz CT molecular complexity index is 459. The molecule has 1 saturated carbocycles. The SMILES string of the molecule is CC(C)NCc1ccc(Cl)cc1N(C)C1CCCCC1C. The van der Waals surface area contributed by atoms with Gasteiger partial charge in [0.15, 0.2) is 0 Å². The average Bonchev–Trinajstić information content (AvgIpc) is 2.45. The zero-order valence-electron chi connectivity index (χ0n) is 13.8. The summed E-state index contributed by atoms with van der Waals surface area (Å²) in [5.41, 5.74) is 2.63. The number of nitrogens with one attached hydrogen (secondary N) is 1. The summed E-state index contributed by atoms with van der Waals surface area (Å²) < 4.78 is 0. The zero-order valence-corrected chi connectivity index (χ0v) is 14.6. The Balaban J connectivity index is 2.21. The van der Waals surface area contributed by atoms with Crippen LogP contribution < -0.4 is 10.2 Å². The minimum absolute atomic E-state index is 0.493. The summed E-state index contributed by atoms with van der Waals surface area (Å²) in [7, 11) is 2.23. The summed E-state index contributed by atoms with van der Waals surface area (Å²) in [5.74, 6) is 0.758. The van der Waals surface area contributed by atoms with Crippen LogP contribution in [0.5, 0.6) is 0 Å². The molecule has 2 atom stereocenters. The lowest BCUT2D eigenvalue weighted by Crippen LogP contribution is -2.39. The van der Waals surface area contributed by atoms with Gasteiger partial charge < -0.3 is 10.2 Å². The second kappa shape index (κ2) is 7.51. The first-order valence-electron chi connectivity index (χ1n) is 8.23. The number of benzene rings is 1. The van der Waals surface area contributed by atoms with Crippen LogP contribution in [0.15, 0.2) is 18.2 Å². The highest BCUT2D eigenvalue weighted by atomic mass is 35.5. The summed E-state index contributed by atoms with van der Waals surface area (Å²) in [6.07, 6.45) is 5.36. The molecule has 118 valence electrons. The Kier molecular flexibility index (Phi) is 5.95. The van der Waals surface area contributed by atoms with Crippen molar-refractivity contribution >= 4 is 17.3 Å². The van der Waals surface area contributed by atoms with E-state index in [1.54, 1.807) is 0 Å². The van der Waals surface area contributed by atoms with Crippen molar-refractivity contribution in [2.45, 2.75) is 65.1 Å². The van der Waals surface area contributed by atoms with Gasteiger partial charge in [0.2, 0.25) is 0 Å². The quantitative estimate of drug-likeness (QED) is 0.836. The minimum Gasteiger partial charge on any atom is -0.371 e. The van der Waals surface area contributed by atoms with Crippen molar-refractivity contribution in [2.24, 2.45) is 5.92 Å². The lowest BCUT2D eigenvalue weighted by atomic mass is 9.84. The molecule has 0 amide bonds. The normalized spacial score (nSPS) is 22.6. The van der Waals surface area contributed by atoms with E-state index in [0.29, 0.717) is 12.1 Å². The standard InChI is InChI=1S/C18H29ClN2/c1-13(2)20-12-15-9-10-16(19)11-18(15)21(4)17-8-6-5-7-14(17)3/h9-11,13-14,17,20H,5-8,12H2,1-4H3. The van der Waals surface area contributed by atoms with Gasteiger partial charge in [0.05, 0.1) is 0 Å². The maximum Gasteiger partial charge on any atom is 0.0426 e. The number of hydrogen-bond acceptors (Lipinski definition) is 2. The Hall–Kier alpha value is -0.730. The first kappa shape index (κ1) is 16.6. The lowest BCUT2D eigenvalue weighted by Gasteiger charge is -2.38. The summed E-state index contributed by atoms with van der Waals surface area (Å²) in [6.45, 7) is 7.65. The van der Waals surface area contributed by atoms with Crippen LogP contribution >= 0.6 is 11.6 Å². The van der Waals surface area contributed by atoms with Gasteiger partial charge in [0.1, 0.15) is 0 Å². The number of nitrogens with zero attached hydrogens (tertiary/aromatic N) is 1. The molecule has 0 spiro atoms. The van der Waals surface area contributed by atoms with Crippen molar-refractivity contribution < 1.29 is 0 Å². The molecule has 1 N–H and O–H groups in total. The third-order valence-corrected chi connectivity index (χ3v) is 4.93. The predicted molar refractivity (Wildman–Crippen MR) is 93.3 cm³/mol. The van der Waals surface area contributed by atoms with Gasteiger partial charge in [0, 0.05) is 36.4 Å². The summed E-state index contributed by atoms with van der Waals surface area (Å²) in [5, 5.41) is 4.35. The van der Waals surface area contributed by atoms with E-state index in [2.05, 4.69) is 50.2 Å². The van der Waals surface area contributed by atoms with Gasteiger partial charge in [-0.05, 0) is 36.5 Å². The fourth-order valence-corrected chi connectivity index (χ4v) is 3.55. The Morgan fingerprint density at radius 3 is 2.67 bits per heavy atom. The maximum absolute atomic E-state index is 6.25. The third kappa shape index (κ3) is 4.37. The summed E-state index contributed by atoms with van der Waals surface area (Å²) in [4.78, 5) is 2.47. The van der Waals surface area contributed by atoms with E-state index >= 15 is 0 Å². The van der Waals surface area contributed by atoms with Gasteiger partial charge in [-0.15, -0.1) is 0 Å². The first-order chi connectivity index (χ1) is 9.99. The van der Waals surface area contributed by atoms with Crippen molar-refractivity contribution in [1.29, 1.82) is 0 Å². The van der Waals surface area contributed by atoms with Gasteiger partial charge >= 0.3 is 0 Å². The van der Waals surface area contributed by atoms with Crippen LogP contribution in [0.2, 0.25) is 5.02 Å². The van der Waals surface area contributed by atoms with E-state index in [9.17, 15) is 0 Å². The molecule has 1 aromatic rings. The molecule has 2 nitrogen and oxygen atoms in total. The van der Waals surface area contributed by atoms with Crippen LogP contribution in [0.3, 0.4) is 0 Å². The van der Waals surface area contributed by atoms with Crippen molar-refractivity contribution in [2.75, 3.05) is 11.9 Å². The molecule has 21 heavy (non-hydrogen) atoms. The second-order valence-electron chi connectivity index (χ2n) is 6.75. The minimum atomic E-state index is 0.493. The smallest absolute Gasteiger partial charge is 0.0426 e. The van der Waals surface area contributed by atoms with E-state index < -0.39 is 0 Å². The molecular weight excluding hydrogens is 280 g/mol. The molecule has 0 saturated heterocycles. The van der Waals surface area contributed by atoms with E-state index in [4.69, 9.17) is 11.6 Å². The maximum atomic E-state index is 6.25. The van der Waals surface area contributed by atoms with Crippen LogP contribution in [-0.4, -0.2) is 19.1 Å². The largest absolute Gasteiger partial charge is 0.371 e. The summed E-state index contributed by atoms with van der Waals surface area (Å²) in [6, 6.07) is 7.42. The van der Waals surface area contributed by atoms with Gasteiger partial charge in [-0.2, -0.15) is 0 Å². The fraction of sp³-hybridized carbons (Fsp3) is 0.667. The van der Waals surface area contributed by atoms with E-state index in [0.717, 1.165) is 17.5 Å². The molecule has 3 heteroatoms. The number of hydrogen-bond donors (Lipinski definition) is 1. The molecular formula is C18H29ClN2. The highest BCUT2D eigenvalue weighted by Gasteiger charge is 2.26. The molecule has 2 unspecified atom stereocenters. The summed E-state index contributed by atoms with van der Waals surface area (Å²) >= 11 is 6.25. The Morgan fingerprint density at radius 2 is 2.00 bits per heavy atom. The highest BCUT2D eigenvalue weighted by Crippen LogP contribution is 2.33. The van der Waals surface area contributed by atoms with Crippen molar-refractivity contribution in [3.8, 4) is 0 Å². The van der Waals surface area contributed by atoms with E-state index in [1.165, 1.54) is 36.9 Å². The predicted octanol–water partition coefficient (Wildman–Crippen LogP) is 4.85. The molecule has 1 aromatic carbocycles. The van der Waals surface area contributed by atoms with Crippen LogP contribution in [0, 0.1) is 5.92 Å². The van der Waals surface area contributed by atoms with Crippen LogP contribution in [0.4, 0.5) is 5.69 Å². The van der Waals surface area contributed by atoms with Crippen molar-refractivity contribution in [1.82, 2.24) is 5.32 Å². The molecule has 2 rings (SSSR count). The molecule has 0 bridgehead atoms. The number of halogens is 1. The van der Waals surface area contributed by atoms with Gasteiger partial charge in [-0.3, -0.25) is 0 Å². The number of anilines is 1. The second-order valence-corrected chi connectivity index (χ2v) is 7.19. The van der Waals surface area contributed by atoms with E-state index in [-0.39, 0.29) is 0 Å². The van der Waals surface area contributed by atoms with Crippen LogP contribution in [-0.2, 0) is 6.54 Å². The van der Waals surface area contributed by atoms with Gasteiger partial charge in [-0.25, -0.2) is 0 Å². The van der Waals surface area contributed by atoms with Crippen LogP contribution in [0.1, 0.15) is 52.0 Å². The average molecular weight is 309 g/mol. The van der Waals surface area contributed by atoms with Crippen molar-refractivity contribution in [3.63, 3.8) is 0 Å². The molecule has 1 aliphatic rings. The monoisotopic (exact) mass is 308 g/mol. The molecule has 0 heterocycles. The highest BCUT2D eigenvalue weighted by molar-refractivity contribution is 6.30. The topological polar surface area (TPSA) is 15.3 Å². The third-order valence-electron chi connectivity index (χ3n) is 4.69. The molecule has 0 aliphatic heterocycles. The van der Waals surface area contributed by atoms with Gasteiger partial charge in [-0.1, -0.05) is 51.3 Å². The molecule has 1 aliphatic carbocycles. The molecule has 0 aromatic heterocycles. The Labute approximate surface area is 134 Å². The number of rotatable bonds is 5. The Morgan fingerprint density at radius 1 is 1.29 bits per heavy atom.